The average molecular weight is 449 g/mol. The van der Waals surface area contributed by atoms with E-state index in [-0.39, 0.29) is 36.6 Å². The topological polar surface area (TPSA) is 91.4 Å². The molecule has 0 spiro atoms. The summed E-state index contributed by atoms with van der Waals surface area (Å²) in [6, 6.07) is 17.1. The molecule has 4 rings (SSSR count). The number of benzene rings is 2. The van der Waals surface area contributed by atoms with Crippen LogP contribution in [-0.4, -0.2) is 34.2 Å². The van der Waals surface area contributed by atoms with Gasteiger partial charge < -0.3 is 15.5 Å². The van der Waals surface area contributed by atoms with E-state index >= 15 is 0 Å². The van der Waals surface area contributed by atoms with Gasteiger partial charge in [0.25, 0.3) is 5.91 Å². The van der Waals surface area contributed by atoms with Gasteiger partial charge in [-0.2, -0.15) is 0 Å². The van der Waals surface area contributed by atoms with Crippen molar-refractivity contribution in [1.82, 2.24) is 9.88 Å². The number of hydrogen-bond acceptors (Lipinski definition) is 5. The molecule has 1 aromatic heterocycles. The van der Waals surface area contributed by atoms with Crippen molar-refractivity contribution in [2.75, 3.05) is 17.2 Å². The molecule has 8 heteroatoms. The van der Waals surface area contributed by atoms with Crippen molar-refractivity contribution in [3.8, 4) is 0 Å². The van der Waals surface area contributed by atoms with Crippen LogP contribution in [0.15, 0.2) is 66.2 Å². The molecule has 7 nitrogen and oxygen atoms in total. The van der Waals surface area contributed by atoms with Crippen LogP contribution in [0.1, 0.15) is 47.6 Å². The molecule has 0 radical (unpaired) electrons. The summed E-state index contributed by atoms with van der Waals surface area (Å²) < 4.78 is 0. The Balaban J connectivity index is 1.30. The van der Waals surface area contributed by atoms with Crippen LogP contribution in [0.4, 0.5) is 10.8 Å². The summed E-state index contributed by atoms with van der Waals surface area (Å²) in [7, 11) is 0. The van der Waals surface area contributed by atoms with Gasteiger partial charge >= 0.3 is 0 Å². The van der Waals surface area contributed by atoms with Gasteiger partial charge in [-0.25, -0.2) is 4.98 Å². The minimum atomic E-state index is -0.262. The quantitative estimate of drug-likeness (QED) is 0.558. The van der Waals surface area contributed by atoms with Crippen molar-refractivity contribution >= 4 is 39.9 Å². The molecule has 1 saturated heterocycles. The van der Waals surface area contributed by atoms with Crippen molar-refractivity contribution < 1.29 is 14.4 Å². The van der Waals surface area contributed by atoms with Crippen LogP contribution in [0.25, 0.3) is 0 Å². The average Bonchev–Trinajstić information content (AvgIpc) is 3.51. The van der Waals surface area contributed by atoms with Gasteiger partial charge in [0.05, 0.1) is 6.04 Å². The van der Waals surface area contributed by atoms with Crippen LogP contribution in [0.5, 0.6) is 0 Å². The van der Waals surface area contributed by atoms with Gasteiger partial charge in [0, 0.05) is 42.2 Å². The highest BCUT2D eigenvalue weighted by molar-refractivity contribution is 7.13. The van der Waals surface area contributed by atoms with E-state index in [1.807, 2.05) is 23.1 Å². The van der Waals surface area contributed by atoms with E-state index in [1.165, 1.54) is 11.3 Å². The maximum absolute atomic E-state index is 13.1. The molecule has 2 N–H and O–H groups in total. The van der Waals surface area contributed by atoms with E-state index in [0.717, 1.165) is 24.9 Å². The van der Waals surface area contributed by atoms with E-state index in [9.17, 15) is 14.4 Å². The first kappa shape index (κ1) is 21.7. The molecule has 0 aliphatic carbocycles. The first-order chi connectivity index (χ1) is 15.6. The number of anilines is 2. The molecule has 1 fully saturated rings. The van der Waals surface area contributed by atoms with Gasteiger partial charge in [-0.3, -0.25) is 14.4 Å². The SMILES string of the molecule is O=C(CCC(=O)Nc1nccs1)Nc1ccc(C(=O)N2CCCC2c2ccccc2)cc1. The number of aromatic nitrogens is 1. The highest BCUT2D eigenvalue weighted by Crippen LogP contribution is 2.33. The zero-order valence-corrected chi connectivity index (χ0v) is 18.3. The van der Waals surface area contributed by atoms with Gasteiger partial charge in [-0.1, -0.05) is 30.3 Å². The van der Waals surface area contributed by atoms with Crippen LogP contribution in [-0.2, 0) is 9.59 Å². The predicted octanol–water partition coefficient (Wildman–Crippen LogP) is 4.48. The van der Waals surface area contributed by atoms with Crippen LogP contribution in [0.2, 0.25) is 0 Å². The highest BCUT2D eigenvalue weighted by atomic mass is 32.1. The van der Waals surface area contributed by atoms with Crippen molar-refractivity contribution in [2.45, 2.75) is 31.7 Å². The lowest BCUT2D eigenvalue weighted by Crippen LogP contribution is -2.30. The normalized spacial score (nSPS) is 15.4. The van der Waals surface area contributed by atoms with E-state index in [0.29, 0.717) is 16.4 Å². The van der Waals surface area contributed by atoms with Gasteiger partial charge in [0.2, 0.25) is 11.8 Å². The lowest BCUT2D eigenvalue weighted by atomic mass is 10.0. The molecule has 1 aliphatic rings. The first-order valence-corrected chi connectivity index (χ1v) is 11.4. The van der Waals surface area contributed by atoms with Gasteiger partial charge in [0.15, 0.2) is 5.13 Å². The van der Waals surface area contributed by atoms with E-state index < -0.39 is 0 Å². The molecule has 3 aromatic rings. The molecule has 1 aliphatic heterocycles. The Hall–Kier alpha value is -3.52. The Kier molecular flexibility index (Phi) is 6.91. The third kappa shape index (κ3) is 5.39. The largest absolute Gasteiger partial charge is 0.332 e. The summed E-state index contributed by atoms with van der Waals surface area (Å²) in [5, 5.41) is 7.70. The van der Waals surface area contributed by atoms with Gasteiger partial charge in [0.1, 0.15) is 0 Å². The van der Waals surface area contributed by atoms with E-state index in [2.05, 4.69) is 27.8 Å². The predicted molar refractivity (Wildman–Crippen MR) is 125 cm³/mol. The molecule has 0 saturated carbocycles. The summed E-state index contributed by atoms with van der Waals surface area (Å²) in [5.74, 6) is -0.523. The third-order valence-electron chi connectivity index (χ3n) is 5.37. The minimum Gasteiger partial charge on any atom is -0.332 e. The number of rotatable bonds is 7. The molecule has 32 heavy (non-hydrogen) atoms. The standard InChI is InChI=1S/C24H24N4O3S/c29-21(12-13-22(30)27-24-25-14-16-32-24)26-19-10-8-18(9-11-19)23(31)28-15-4-7-20(28)17-5-2-1-3-6-17/h1-3,5-6,8-11,14,16,20H,4,7,12-13,15H2,(H,26,29)(H,25,27,30). The Morgan fingerprint density at radius 1 is 0.969 bits per heavy atom. The summed E-state index contributed by atoms with van der Waals surface area (Å²) >= 11 is 1.32. The smallest absolute Gasteiger partial charge is 0.254 e. The molecule has 1 unspecified atom stereocenters. The van der Waals surface area contributed by atoms with Crippen LogP contribution in [0, 0.1) is 0 Å². The summed E-state index contributed by atoms with van der Waals surface area (Å²) in [6.45, 7) is 0.736. The van der Waals surface area contributed by atoms with Gasteiger partial charge in [-0.15, -0.1) is 11.3 Å². The van der Waals surface area contributed by atoms with Crippen molar-refractivity contribution in [3.05, 3.63) is 77.3 Å². The number of thiazole rings is 1. The molecular weight excluding hydrogens is 424 g/mol. The van der Waals surface area contributed by atoms with Gasteiger partial charge in [-0.05, 0) is 42.7 Å². The number of likely N-dealkylation sites (tertiary alicyclic amines) is 1. The summed E-state index contributed by atoms with van der Waals surface area (Å²) in [5.41, 5.74) is 2.34. The molecule has 1 atom stereocenters. The first-order valence-electron chi connectivity index (χ1n) is 10.6. The fourth-order valence-electron chi connectivity index (χ4n) is 3.81. The lowest BCUT2D eigenvalue weighted by molar-refractivity contribution is -0.121. The number of carbonyl (C=O) groups is 3. The molecular formula is C24H24N4O3S. The maximum Gasteiger partial charge on any atom is 0.254 e. The maximum atomic E-state index is 13.1. The van der Waals surface area contributed by atoms with Crippen LogP contribution >= 0.6 is 11.3 Å². The number of nitrogens with zero attached hydrogens (tertiary/aromatic N) is 2. The Morgan fingerprint density at radius 2 is 1.69 bits per heavy atom. The monoisotopic (exact) mass is 448 g/mol. The van der Waals surface area contributed by atoms with Crippen LogP contribution in [0.3, 0.4) is 0 Å². The number of hydrogen-bond donors (Lipinski definition) is 2. The second-order valence-electron chi connectivity index (χ2n) is 7.58. The van der Waals surface area contributed by atoms with Crippen LogP contribution < -0.4 is 10.6 Å². The summed E-state index contributed by atoms with van der Waals surface area (Å²) in [6.07, 6.45) is 3.67. The molecule has 0 bridgehead atoms. The van der Waals surface area contributed by atoms with Crippen molar-refractivity contribution in [2.24, 2.45) is 0 Å². The number of amides is 3. The highest BCUT2D eigenvalue weighted by Gasteiger charge is 2.30. The molecule has 2 heterocycles. The second-order valence-corrected chi connectivity index (χ2v) is 8.47. The number of nitrogens with one attached hydrogen (secondary N) is 2. The molecule has 3 amide bonds. The van der Waals surface area contributed by atoms with E-state index in [4.69, 9.17) is 0 Å². The van der Waals surface area contributed by atoms with Crippen molar-refractivity contribution in [1.29, 1.82) is 0 Å². The van der Waals surface area contributed by atoms with Crippen molar-refractivity contribution in [3.63, 3.8) is 0 Å². The Morgan fingerprint density at radius 3 is 2.38 bits per heavy atom. The molecule has 2 aromatic carbocycles. The van der Waals surface area contributed by atoms with E-state index in [1.54, 1.807) is 35.8 Å². The molecule has 164 valence electrons. The fourth-order valence-corrected chi connectivity index (χ4v) is 4.36. The third-order valence-corrected chi connectivity index (χ3v) is 6.06. The fraction of sp³-hybridized carbons (Fsp3) is 0.250. The number of carbonyl (C=O) groups excluding carboxylic acids is 3. The minimum absolute atomic E-state index is 0.00640. The lowest BCUT2D eigenvalue weighted by Gasteiger charge is -2.25. The zero-order chi connectivity index (χ0) is 22.3. The Labute approximate surface area is 190 Å². The summed E-state index contributed by atoms with van der Waals surface area (Å²) in [4.78, 5) is 43.0. The second kappa shape index (κ2) is 10.2. The Bertz CT molecular complexity index is 1070. The zero-order valence-electron chi connectivity index (χ0n) is 17.5.